The molecule has 1 aliphatic rings. The zero-order chi connectivity index (χ0) is 20.4. The number of nitrogens with zero attached hydrogens (tertiary/aromatic N) is 1. The number of allylic oxidation sites excluding steroid dienone is 1. The van der Waals surface area contributed by atoms with Gasteiger partial charge >= 0.3 is 0 Å². The highest BCUT2D eigenvalue weighted by atomic mass is 35.5. The number of halogens is 1. The molecule has 0 aliphatic heterocycles. The van der Waals surface area contributed by atoms with Crippen LogP contribution in [0.25, 0.3) is 5.70 Å². The first-order chi connectivity index (χ1) is 14.1. The maximum Gasteiger partial charge on any atom is 0.259 e. The molecule has 0 bridgehead atoms. The van der Waals surface area contributed by atoms with Crippen molar-refractivity contribution in [2.24, 2.45) is 5.73 Å². The summed E-state index contributed by atoms with van der Waals surface area (Å²) in [6.45, 7) is 0. The summed E-state index contributed by atoms with van der Waals surface area (Å²) in [6, 6.07) is 22.6. The van der Waals surface area contributed by atoms with Crippen LogP contribution in [0.2, 0.25) is 5.02 Å². The van der Waals surface area contributed by atoms with Crippen LogP contribution in [0.15, 0.2) is 84.9 Å². The highest BCUT2D eigenvalue weighted by molar-refractivity contribution is 6.30. The van der Waals surface area contributed by atoms with Gasteiger partial charge in [0.2, 0.25) is 5.91 Å². The maximum absolute atomic E-state index is 13.6. The summed E-state index contributed by atoms with van der Waals surface area (Å²) in [5.41, 5.74) is 9.48. The lowest BCUT2D eigenvalue weighted by Gasteiger charge is -2.32. The summed E-state index contributed by atoms with van der Waals surface area (Å²) < 4.78 is 0. The zero-order valence-electron chi connectivity index (χ0n) is 15.6. The number of amides is 2. The Morgan fingerprint density at radius 2 is 1.59 bits per heavy atom. The quantitative estimate of drug-likeness (QED) is 0.677. The van der Waals surface area contributed by atoms with E-state index in [9.17, 15) is 9.59 Å². The van der Waals surface area contributed by atoms with Crippen LogP contribution in [0.5, 0.6) is 0 Å². The Balaban J connectivity index is 1.88. The van der Waals surface area contributed by atoms with Crippen LogP contribution in [0.4, 0.5) is 0 Å². The Kier molecular flexibility index (Phi) is 5.19. The lowest BCUT2D eigenvalue weighted by molar-refractivity contribution is -0.121. The van der Waals surface area contributed by atoms with E-state index >= 15 is 0 Å². The molecule has 5 heteroatoms. The minimum absolute atomic E-state index is 0.294. The fourth-order valence-electron chi connectivity index (χ4n) is 3.67. The number of primary amides is 1. The van der Waals surface area contributed by atoms with Gasteiger partial charge in [0.15, 0.2) is 0 Å². The van der Waals surface area contributed by atoms with Crippen molar-refractivity contribution in [2.75, 3.05) is 0 Å². The van der Waals surface area contributed by atoms with Gasteiger partial charge in [-0.1, -0.05) is 72.3 Å². The number of hydrogen-bond donors (Lipinski definition) is 1. The van der Waals surface area contributed by atoms with Gasteiger partial charge in [0, 0.05) is 21.8 Å². The molecule has 3 aromatic carbocycles. The molecule has 0 spiro atoms. The van der Waals surface area contributed by atoms with E-state index < -0.39 is 11.9 Å². The molecule has 144 valence electrons. The van der Waals surface area contributed by atoms with Gasteiger partial charge < -0.3 is 5.73 Å². The molecule has 1 aliphatic carbocycles. The molecule has 4 rings (SSSR count). The molecule has 0 radical (unpaired) electrons. The van der Waals surface area contributed by atoms with E-state index in [2.05, 4.69) is 0 Å². The van der Waals surface area contributed by atoms with Crippen molar-refractivity contribution in [1.82, 2.24) is 4.90 Å². The molecule has 2 N–H and O–H groups in total. The van der Waals surface area contributed by atoms with Crippen molar-refractivity contribution in [3.8, 4) is 0 Å². The summed E-state index contributed by atoms with van der Waals surface area (Å²) in [6.07, 6.45) is 2.60. The number of rotatable bonds is 5. The van der Waals surface area contributed by atoms with Crippen LogP contribution in [-0.2, 0) is 11.2 Å². The van der Waals surface area contributed by atoms with Crippen molar-refractivity contribution < 1.29 is 9.59 Å². The Labute approximate surface area is 174 Å². The number of carbonyl (C=O) groups is 2. The van der Waals surface area contributed by atoms with Crippen molar-refractivity contribution in [2.45, 2.75) is 12.5 Å². The van der Waals surface area contributed by atoms with Gasteiger partial charge in [-0.2, -0.15) is 0 Å². The predicted molar refractivity (Wildman–Crippen MR) is 114 cm³/mol. The molecule has 0 saturated heterocycles. The van der Waals surface area contributed by atoms with Gasteiger partial charge in [0.05, 0.1) is 0 Å². The molecular formula is C24H19ClN2O2. The summed E-state index contributed by atoms with van der Waals surface area (Å²) in [4.78, 5) is 27.7. The van der Waals surface area contributed by atoms with Crippen LogP contribution in [0.1, 0.15) is 33.1 Å². The summed E-state index contributed by atoms with van der Waals surface area (Å²) in [7, 11) is 0. The fourth-order valence-corrected chi connectivity index (χ4v) is 3.84. The average molecular weight is 403 g/mol. The van der Waals surface area contributed by atoms with Gasteiger partial charge in [-0.05, 0) is 41.8 Å². The first kappa shape index (κ1) is 19.0. The van der Waals surface area contributed by atoms with Gasteiger partial charge in [-0.15, -0.1) is 0 Å². The Morgan fingerprint density at radius 3 is 2.24 bits per heavy atom. The smallest absolute Gasteiger partial charge is 0.259 e. The topological polar surface area (TPSA) is 63.4 Å². The third kappa shape index (κ3) is 3.67. The van der Waals surface area contributed by atoms with Gasteiger partial charge in [-0.25, -0.2) is 0 Å². The van der Waals surface area contributed by atoms with Crippen molar-refractivity contribution in [3.63, 3.8) is 0 Å². The SMILES string of the molecule is NC(=O)C(c1ccccc1)N(C(=O)c1ccccc1)C1=CCc2ccc(Cl)cc21. The molecule has 29 heavy (non-hydrogen) atoms. The standard InChI is InChI=1S/C24H19ClN2O2/c25-19-13-11-16-12-14-21(20(16)15-19)27(24(29)18-9-5-2-6-10-18)22(23(26)28)17-7-3-1-4-8-17/h1-11,13-15,22H,12H2,(H2,26,28). The Bertz CT molecular complexity index is 1090. The van der Waals surface area contributed by atoms with Crippen molar-refractivity contribution >= 4 is 29.1 Å². The molecule has 0 heterocycles. The molecule has 3 aromatic rings. The van der Waals surface area contributed by atoms with E-state index in [0.717, 1.165) is 11.1 Å². The Hall–Kier alpha value is -3.37. The van der Waals surface area contributed by atoms with Gasteiger partial charge in [-0.3, -0.25) is 14.5 Å². The second-order valence-electron chi connectivity index (χ2n) is 6.85. The Morgan fingerprint density at radius 1 is 0.931 bits per heavy atom. The lowest BCUT2D eigenvalue weighted by atomic mass is 10.0. The molecular weight excluding hydrogens is 384 g/mol. The lowest BCUT2D eigenvalue weighted by Crippen LogP contribution is -2.40. The third-order valence-corrected chi connectivity index (χ3v) is 5.24. The summed E-state index contributed by atoms with van der Waals surface area (Å²) >= 11 is 6.23. The minimum Gasteiger partial charge on any atom is -0.368 e. The van der Waals surface area contributed by atoms with Crippen LogP contribution < -0.4 is 5.73 Å². The van der Waals surface area contributed by atoms with E-state index in [1.807, 2.05) is 48.5 Å². The fraction of sp³-hybridized carbons (Fsp3) is 0.0833. The van der Waals surface area contributed by atoms with E-state index in [1.165, 1.54) is 4.90 Å². The number of benzene rings is 3. The van der Waals surface area contributed by atoms with Gasteiger partial charge in [0.25, 0.3) is 5.91 Å². The van der Waals surface area contributed by atoms with E-state index in [1.54, 1.807) is 36.4 Å². The largest absolute Gasteiger partial charge is 0.368 e. The van der Waals surface area contributed by atoms with Crippen LogP contribution in [-0.4, -0.2) is 16.7 Å². The van der Waals surface area contributed by atoms with E-state index in [0.29, 0.717) is 28.3 Å². The first-order valence-electron chi connectivity index (χ1n) is 9.28. The predicted octanol–water partition coefficient (Wildman–Crippen LogP) is 4.61. The second kappa shape index (κ2) is 7.94. The highest BCUT2D eigenvalue weighted by Gasteiger charge is 2.35. The number of fused-ring (bicyclic) bond motifs is 1. The van der Waals surface area contributed by atoms with Crippen LogP contribution >= 0.6 is 11.6 Å². The average Bonchev–Trinajstić information content (AvgIpc) is 3.15. The molecule has 0 aromatic heterocycles. The minimum atomic E-state index is -0.944. The molecule has 1 unspecified atom stereocenters. The zero-order valence-corrected chi connectivity index (χ0v) is 16.3. The van der Waals surface area contributed by atoms with E-state index in [4.69, 9.17) is 17.3 Å². The number of hydrogen-bond acceptors (Lipinski definition) is 2. The third-order valence-electron chi connectivity index (χ3n) is 5.01. The second-order valence-corrected chi connectivity index (χ2v) is 7.29. The molecule has 0 saturated carbocycles. The van der Waals surface area contributed by atoms with Crippen LogP contribution in [0, 0.1) is 0 Å². The number of nitrogens with two attached hydrogens (primary N) is 1. The summed E-state index contributed by atoms with van der Waals surface area (Å²) in [5.74, 6) is -0.894. The molecule has 0 fully saturated rings. The monoisotopic (exact) mass is 402 g/mol. The van der Waals surface area contributed by atoms with Crippen LogP contribution in [0.3, 0.4) is 0 Å². The van der Waals surface area contributed by atoms with Crippen molar-refractivity contribution in [1.29, 1.82) is 0 Å². The van der Waals surface area contributed by atoms with Crippen molar-refractivity contribution in [3.05, 3.63) is 112 Å². The number of carbonyl (C=O) groups excluding carboxylic acids is 2. The normalized spacial score (nSPS) is 13.3. The maximum atomic E-state index is 13.6. The molecule has 2 amide bonds. The van der Waals surface area contributed by atoms with Gasteiger partial charge in [0.1, 0.15) is 6.04 Å². The van der Waals surface area contributed by atoms with E-state index in [-0.39, 0.29) is 5.91 Å². The first-order valence-corrected chi connectivity index (χ1v) is 9.66. The highest BCUT2D eigenvalue weighted by Crippen LogP contribution is 2.38. The molecule has 1 atom stereocenters. The summed E-state index contributed by atoms with van der Waals surface area (Å²) in [5, 5.41) is 0.569. The molecule has 4 nitrogen and oxygen atoms in total.